The first kappa shape index (κ1) is 13.3. The minimum absolute atomic E-state index is 0.0875. The fourth-order valence-corrected chi connectivity index (χ4v) is 1.85. The summed E-state index contributed by atoms with van der Waals surface area (Å²) in [5.74, 6) is -0.629. The van der Waals surface area contributed by atoms with Crippen LogP contribution in [0.1, 0.15) is 20.8 Å². The highest BCUT2D eigenvalue weighted by Crippen LogP contribution is 2.12. The molecule has 1 heterocycles. The summed E-state index contributed by atoms with van der Waals surface area (Å²) in [6.07, 6.45) is 1.52. The molecule has 0 unspecified atom stereocenters. The number of nitrogens with one attached hydrogen (secondary N) is 1. The zero-order chi connectivity index (χ0) is 13.8. The van der Waals surface area contributed by atoms with Gasteiger partial charge in [0.2, 0.25) is 0 Å². The van der Waals surface area contributed by atoms with Crippen LogP contribution in [-0.4, -0.2) is 28.0 Å². The lowest BCUT2D eigenvalue weighted by atomic mass is 10.1. The molecule has 6 heteroatoms. The molecular weight excluding hydrogens is 266 g/mol. The van der Waals surface area contributed by atoms with Gasteiger partial charge in [-0.25, -0.2) is 0 Å². The Balaban J connectivity index is 1.98. The number of hydrogen-bond donors (Lipinski definition) is 1. The van der Waals surface area contributed by atoms with Crippen molar-refractivity contribution in [3.63, 3.8) is 0 Å². The predicted octanol–water partition coefficient (Wildman–Crippen LogP) is 1.69. The fraction of sp³-hybridized carbons (Fsp3) is 0.154. The molecule has 0 bridgehead atoms. The Kier molecular flexibility index (Phi) is 3.97. The van der Waals surface area contributed by atoms with Crippen LogP contribution in [0, 0.1) is 0 Å². The van der Waals surface area contributed by atoms with Crippen LogP contribution in [0.2, 0.25) is 5.02 Å². The van der Waals surface area contributed by atoms with Crippen LogP contribution in [0.3, 0.4) is 0 Å². The van der Waals surface area contributed by atoms with Gasteiger partial charge in [0.25, 0.3) is 5.91 Å². The number of aromatic nitrogens is 2. The normalized spacial score (nSPS) is 10.2. The number of rotatable bonds is 4. The molecule has 0 saturated carbocycles. The molecule has 0 aliphatic heterocycles. The molecule has 1 aromatic carbocycles. The highest BCUT2D eigenvalue weighted by molar-refractivity contribution is 6.33. The maximum Gasteiger partial charge on any atom is 0.273 e. The van der Waals surface area contributed by atoms with E-state index in [9.17, 15) is 9.59 Å². The molecule has 1 aromatic heterocycles. The number of halogens is 1. The third-order valence-electron chi connectivity index (χ3n) is 2.50. The van der Waals surface area contributed by atoms with Crippen LogP contribution in [-0.2, 0) is 7.05 Å². The standard InChI is InChI=1S/C13H12ClN3O2/c1-17-8-10(14)12(16-17)13(19)15-7-11(18)9-5-3-2-4-6-9/h2-6,8H,7H2,1H3,(H,15,19). The second-order valence-electron chi connectivity index (χ2n) is 3.97. The smallest absolute Gasteiger partial charge is 0.273 e. The van der Waals surface area contributed by atoms with Gasteiger partial charge in [-0.2, -0.15) is 5.10 Å². The van der Waals surface area contributed by atoms with E-state index in [0.29, 0.717) is 5.56 Å². The average molecular weight is 278 g/mol. The van der Waals surface area contributed by atoms with Gasteiger partial charge in [0, 0.05) is 18.8 Å². The van der Waals surface area contributed by atoms with Crippen molar-refractivity contribution in [3.8, 4) is 0 Å². The largest absolute Gasteiger partial charge is 0.343 e. The molecule has 2 aromatic rings. The van der Waals surface area contributed by atoms with E-state index in [0.717, 1.165) is 0 Å². The number of benzene rings is 1. The third kappa shape index (κ3) is 3.20. The average Bonchev–Trinajstić information content (AvgIpc) is 2.75. The van der Waals surface area contributed by atoms with Gasteiger partial charge in [-0.05, 0) is 0 Å². The Hall–Kier alpha value is -2.14. The molecule has 0 atom stereocenters. The number of ketones is 1. The monoisotopic (exact) mass is 277 g/mol. The Morgan fingerprint density at radius 1 is 1.32 bits per heavy atom. The summed E-state index contributed by atoms with van der Waals surface area (Å²) in [7, 11) is 1.66. The predicted molar refractivity (Wildman–Crippen MR) is 71.3 cm³/mol. The number of aryl methyl sites for hydroxylation is 1. The van der Waals surface area contributed by atoms with Gasteiger partial charge in [-0.3, -0.25) is 14.3 Å². The molecule has 98 valence electrons. The van der Waals surface area contributed by atoms with Gasteiger partial charge < -0.3 is 5.32 Å². The lowest BCUT2D eigenvalue weighted by molar-refractivity contribution is 0.0900. The zero-order valence-corrected chi connectivity index (χ0v) is 11.0. The summed E-state index contributed by atoms with van der Waals surface area (Å²) >= 11 is 5.84. The van der Waals surface area contributed by atoms with Gasteiger partial charge >= 0.3 is 0 Å². The Morgan fingerprint density at radius 2 is 2.00 bits per heavy atom. The summed E-state index contributed by atoms with van der Waals surface area (Å²) in [5.41, 5.74) is 0.667. The first-order chi connectivity index (χ1) is 9.08. The lowest BCUT2D eigenvalue weighted by Gasteiger charge is -2.03. The van der Waals surface area contributed by atoms with Crippen LogP contribution in [0.5, 0.6) is 0 Å². The van der Waals surface area contributed by atoms with E-state index in [1.165, 1.54) is 10.9 Å². The number of amides is 1. The van der Waals surface area contributed by atoms with Crippen molar-refractivity contribution in [2.45, 2.75) is 0 Å². The molecule has 0 aliphatic carbocycles. The van der Waals surface area contributed by atoms with Crippen molar-refractivity contribution in [2.75, 3.05) is 6.54 Å². The molecule has 1 N–H and O–H groups in total. The fourth-order valence-electron chi connectivity index (χ4n) is 1.58. The molecule has 19 heavy (non-hydrogen) atoms. The van der Waals surface area contributed by atoms with Gasteiger partial charge in [0.1, 0.15) is 0 Å². The lowest BCUT2D eigenvalue weighted by Crippen LogP contribution is -2.30. The molecule has 0 fully saturated rings. The van der Waals surface area contributed by atoms with Crippen LogP contribution in [0.25, 0.3) is 0 Å². The Bertz CT molecular complexity index is 608. The molecule has 0 spiro atoms. The summed E-state index contributed by atoms with van der Waals surface area (Å²) in [6, 6.07) is 8.75. The molecule has 5 nitrogen and oxygen atoms in total. The minimum atomic E-state index is -0.463. The molecule has 1 amide bonds. The Morgan fingerprint density at radius 3 is 2.58 bits per heavy atom. The molecule has 0 radical (unpaired) electrons. The molecule has 2 rings (SSSR count). The van der Waals surface area contributed by atoms with Crippen molar-refractivity contribution < 1.29 is 9.59 Å². The maximum atomic E-state index is 11.8. The second-order valence-corrected chi connectivity index (χ2v) is 4.38. The van der Waals surface area contributed by atoms with Crippen molar-refractivity contribution >= 4 is 23.3 Å². The first-order valence-electron chi connectivity index (χ1n) is 5.63. The number of carbonyl (C=O) groups is 2. The van der Waals surface area contributed by atoms with E-state index < -0.39 is 5.91 Å². The maximum absolute atomic E-state index is 11.8. The van der Waals surface area contributed by atoms with Crippen LogP contribution in [0.4, 0.5) is 0 Å². The van der Waals surface area contributed by atoms with E-state index in [1.807, 2.05) is 6.07 Å². The number of Topliss-reactive ketones (excluding diaryl/α,β-unsaturated/α-hetero) is 1. The molecular formula is C13H12ClN3O2. The van der Waals surface area contributed by atoms with E-state index in [1.54, 1.807) is 31.3 Å². The van der Waals surface area contributed by atoms with Crippen LogP contribution in [0.15, 0.2) is 36.5 Å². The minimum Gasteiger partial charge on any atom is -0.343 e. The van der Waals surface area contributed by atoms with Gasteiger partial charge in [-0.1, -0.05) is 41.9 Å². The van der Waals surface area contributed by atoms with Crippen molar-refractivity contribution in [1.82, 2.24) is 15.1 Å². The summed E-state index contributed by atoms with van der Waals surface area (Å²) in [5, 5.41) is 6.68. The number of carbonyl (C=O) groups excluding carboxylic acids is 2. The highest BCUT2D eigenvalue weighted by Gasteiger charge is 2.15. The van der Waals surface area contributed by atoms with Crippen LogP contribution >= 0.6 is 11.6 Å². The van der Waals surface area contributed by atoms with E-state index in [2.05, 4.69) is 10.4 Å². The van der Waals surface area contributed by atoms with Crippen molar-refractivity contribution in [3.05, 3.63) is 52.8 Å². The van der Waals surface area contributed by atoms with Crippen molar-refractivity contribution in [1.29, 1.82) is 0 Å². The Labute approximate surface area is 115 Å². The third-order valence-corrected chi connectivity index (χ3v) is 2.78. The number of nitrogens with zero attached hydrogens (tertiary/aromatic N) is 2. The quantitative estimate of drug-likeness (QED) is 0.865. The van der Waals surface area contributed by atoms with E-state index in [4.69, 9.17) is 11.6 Å². The van der Waals surface area contributed by atoms with Gasteiger partial charge in [0.05, 0.1) is 11.6 Å². The van der Waals surface area contributed by atoms with E-state index in [-0.39, 0.29) is 23.0 Å². The summed E-state index contributed by atoms with van der Waals surface area (Å²) < 4.78 is 1.44. The molecule has 0 saturated heterocycles. The summed E-state index contributed by atoms with van der Waals surface area (Å²) in [6.45, 7) is -0.0875. The number of hydrogen-bond acceptors (Lipinski definition) is 3. The summed E-state index contributed by atoms with van der Waals surface area (Å²) in [4.78, 5) is 23.6. The van der Waals surface area contributed by atoms with E-state index >= 15 is 0 Å². The van der Waals surface area contributed by atoms with Crippen molar-refractivity contribution in [2.24, 2.45) is 7.05 Å². The zero-order valence-electron chi connectivity index (χ0n) is 10.3. The topological polar surface area (TPSA) is 64.0 Å². The van der Waals surface area contributed by atoms with Gasteiger partial charge in [0.15, 0.2) is 11.5 Å². The molecule has 0 aliphatic rings. The second kappa shape index (κ2) is 5.67. The first-order valence-corrected chi connectivity index (χ1v) is 6.01. The highest BCUT2D eigenvalue weighted by atomic mass is 35.5. The SMILES string of the molecule is Cn1cc(Cl)c(C(=O)NCC(=O)c2ccccc2)n1. The van der Waals surface area contributed by atoms with Crippen LogP contribution < -0.4 is 5.32 Å². The van der Waals surface area contributed by atoms with Gasteiger partial charge in [-0.15, -0.1) is 0 Å².